The smallest absolute Gasteiger partial charge is 0.306 e. The minimum atomic E-state index is -0.557. The zero-order valence-electron chi connectivity index (χ0n) is 43.4. The highest BCUT2D eigenvalue weighted by Gasteiger charge is 2.17. The highest BCUT2D eigenvalue weighted by molar-refractivity contribution is 5.70. The number of carbonyl (C=O) groups excluding carboxylic acids is 2. The van der Waals surface area contributed by atoms with Gasteiger partial charge >= 0.3 is 11.9 Å². The molecule has 66 heavy (non-hydrogen) atoms. The van der Waals surface area contributed by atoms with Crippen LogP contribution in [0.5, 0.6) is 0 Å². The first-order valence-electron chi connectivity index (χ1n) is 27.8. The second-order valence-corrected chi connectivity index (χ2v) is 18.1. The van der Waals surface area contributed by atoms with Crippen molar-refractivity contribution in [2.24, 2.45) is 0 Å². The van der Waals surface area contributed by atoms with E-state index in [1.54, 1.807) is 0 Å². The normalized spacial score (nSPS) is 13.0. The van der Waals surface area contributed by atoms with Crippen LogP contribution in [0.4, 0.5) is 0 Å². The van der Waals surface area contributed by atoms with Gasteiger partial charge in [0.25, 0.3) is 0 Å². The van der Waals surface area contributed by atoms with Crippen molar-refractivity contribution >= 4 is 11.9 Å². The van der Waals surface area contributed by atoms with Crippen LogP contribution in [-0.2, 0) is 23.8 Å². The second-order valence-electron chi connectivity index (χ2n) is 18.1. The predicted molar refractivity (Wildman–Crippen MR) is 288 cm³/mol. The standard InChI is InChI=1S/C61H104O5/c1-4-7-10-13-16-19-22-25-28-31-33-36-39-42-45-48-51-54-60(62)65-58-59(57-64-56-53-50-47-44-41-38-35-30-27-24-21-18-15-12-9-6-3)66-61(63)55-52-49-46-43-40-37-34-32-29-26-23-20-17-14-11-8-5-2/h7,9-10,12,16-21,25-30,59H,4-6,8,11,13-15,22-24,31-58H2,1-3H3/b10-7-,12-9-,19-16-,20-17-,21-18-,28-25-,29-26-,30-27-. The molecule has 0 aromatic carbocycles. The van der Waals surface area contributed by atoms with Crippen molar-refractivity contribution in [1.82, 2.24) is 0 Å². The monoisotopic (exact) mass is 917 g/mol. The molecule has 378 valence electrons. The van der Waals surface area contributed by atoms with Gasteiger partial charge < -0.3 is 14.2 Å². The summed E-state index contributed by atoms with van der Waals surface area (Å²) in [6, 6.07) is 0. The Labute approximate surface area is 409 Å². The van der Waals surface area contributed by atoms with E-state index in [2.05, 4.69) is 118 Å². The van der Waals surface area contributed by atoms with Crippen LogP contribution in [-0.4, -0.2) is 37.9 Å². The third-order valence-corrected chi connectivity index (χ3v) is 11.6. The predicted octanol–water partition coefficient (Wildman–Crippen LogP) is 19.0. The van der Waals surface area contributed by atoms with Gasteiger partial charge in [-0.2, -0.15) is 0 Å². The van der Waals surface area contributed by atoms with Crippen molar-refractivity contribution in [3.05, 3.63) is 97.2 Å². The summed E-state index contributed by atoms with van der Waals surface area (Å²) in [6.45, 7) is 7.55. The summed E-state index contributed by atoms with van der Waals surface area (Å²) >= 11 is 0. The van der Waals surface area contributed by atoms with Gasteiger partial charge in [-0.25, -0.2) is 0 Å². The van der Waals surface area contributed by atoms with Crippen molar-refractivity contribution < 1.29 is 23.8 Å². The van der Waals surface area contributed by atoms with Crippen LogP contribution >= 0.6 is 0 Å². The maximum atomic E-state index is 12.9. The van der Waals surface area contributed by atoms with E-state index < -0.39 is 6.10 Å². The molecule has 0 aromatic heterocycles. The van der Waals surface area contributed by atoms with E-state index >= 15 is 0 Å². The molecule has 0 bridgehead atoms. The van der Waals surface area contributed by atoms with Crippen LogP contribution in [0.3, 0.4) is 0 Å². The highest BCUT2D eigenvalue weighted by atomic mass is 16.6. The average Bonchev–Trinajstić information content (AvgIpc) is 3.32. The number of hydrogen-bond donors (Lipinski definition) is 0. The summed E-state index contributed by atoms with van der Waals surface area (Å²) in [4.78, 5) is 25.5. The van der Waals surface area contributed by atoms with E-state index in [1.807, 2.05) is 0 Å². The minimum Gasteiger partial charge on any atom is -0.462 e. The molecule has 0 rings (SSSR count). The molecular formula is C61H104O5. The molecule has 0 saturated carbocycles. The largest absolute Gasteiger partial charge is 0.462 e. The van der Waals surface area contributed by atoms with Crippen molar-refractivity contribution in [2.45, 2.75) is 258 Å². The summed E-state index contributed by atoms with van der Waals surface area (Å²) in [5.41, 5.74) is 0. The Morgan fingerprint density at radius 1 is 0.348 bits per heavy atom. The fourth-order valence-corrected chi connectivity index (χ4v) is 7.51. The number of esters is 2. The van der Waals surface area contributed by atoms with Crippen LogP contribution in [0, 0.1) is 0 Å². The Bertz CT molecular complexity index is 1270. The van der Waals surface area contributed by atoms with Gasteiger partial charge in [0.1, 0.15) is 6.61 Å². The first kappa shape index (κ1) is 62.8. The Kier molecular flexibility index (Phi) is 53.4. The summed E-state index contributed by atoms with van der Waals surface area (Å²) < 4.78 is 17.4. The number of allylic oxidation sites excluding steroid dienone is 16. The van der Waals surface area contributed by atoms with Crippen LogP contribution in [0.15, 0.2) is 97.2 Å². The van der Waals surface area contributed by atoms with Gasteiger partial charge in [0, 0.05) is 19.4 Å². The summed E-state index contributed by atoms with van der Waals surface area (Å²) in [6.07, 6.45) is 75.6. The Hall–Kier alpha value is -3.18. The molecule has 0 heterocycles. The molecule has 0 fully saturated rings. The van der Waals surface area contributed by atoms with E-state index in [0.29, 0.717) is 19.4 Å². The van der Waals surface area contributed by atoms with Gasteiger partial charge in [0.15, 0.2) is 6.10 Å². The van der Waals surface area contributed by atoms with Crippen molar-refractivity contribution in [3.8, 4) is 0 Å². The molecule has 0 saturated heterocycles. The molecule has 0 radical (unpaired) electrons. The lowest BCUT2D eigenvalue weighted by Gasteiger charge is -2.18. The van der Waals surface area contributed by atoms with Gasteiger partial charge in [0.05, 0.1) is 6.61 Å². The maximum absolute atomic E-state index is 12.9. The number of ether oxygens (including phenoxy) is 3. The van der Waals surface area contributed by atoms with Crippen LogP contribution in [0.25, 0.3) is 0 Å². The summed E-state index contributed by atoms with van der Waals surface area (Å²) in [5, 5.41) is 0. The van der Waals surface area contributed by atoms with Crippen molar-refractivity contribution in [2.75, 3.05) is 19.8 Å². The lowest BCUT2D eigenvalue weighted by molar-refractivity contribution is -0.163. The van der Waals surface area contributed by atoms with E-state index in [4.69, 9.17) is 14.2 Å². The molecule has 1 atom stereocenters. The Balaban J connectivity index is 4.34. The van der Waals surface area contributed by atoms with E-state index in [1.165, 1.54) is 109 Å². The molecule has 1 unspecified atom stereocenters. The fraction of sp³-hybridized carbons (Fsp3) is 0.705. The topological polar surface area (TPSA) is 61.8 Å². The van der Waals surface area contributed by atoms with Crippen molar-refractivity contribution in [1.29, 1.82) is 0 Å². The molecule has 5 nitrogen and oxygen atoms in total. The minimum absolute atomic E-state index is 0.0670. The SMILES string of the molecule is CC/C=C\C/C=C\C/C=C\CCCCCCCCCC(=O)OCC(COCCCCCCCC/C=C\C/C=C\C/C=C\CC)OC(=O)CCCCCCCCC/C=C\C/C=C\CCCCC. The molecule has 0 aliphatic rings. The van der Waals surface area contributed by atoms with Gasteiger partial charge in [-0.15, -0.1) is 0 Å². The summed E-state index contributed by atoms with van der Waals surface area (Å²) in [7, 11) is 0. The molecule has 0 aliphatic carbocycles. The maximum Gasteiger partial charge on any atom is 0.306 e. The number of hydrogen-bond acceptors (Lipinski definition) is 5. The van der Waals surface area contributed by atoms with E-state index in [0.717, 1.165) is 109 Å². The fourth-order valence-electron chi connectivity index (χ4n) is 7.51. The van der Waals surface area contributed by atoms with Crippen molar-refractivity contribution in [3.63, 3.8) is 0 Å². The molecule has 0 aromatic rings. The van der Waals surface area contributed by atoms with Gasteiger partial charge in [-0.3, -0.25) is 9.59 Å². The quantitative estimate of drug-likeness (QED) is 0.0346. The average molecular weight is 917 g/mol. The highest BCUT2D eigenvalue weighted by Crippen LogP contribution is 2.14. The first-order chi connectivity index (χ1) is 32.6. The van der Waals surface area contributed by atoms with Gasteiger partial charge in [0.2, 0.25) is 0 Å². The lowest BCUT2D eigenvalue weighted by Crippen LogP contribution is -2.30. The molecule has 0 aliphatic heterocycles. The van der Waals surface area contributed by atoms with Gasteiger partial charge in [-0.1, -0.05) is 221 Å². The number of unbranched alkanes of at least 4 members (excludes halogenated alkanes) is 23. The second kappa shape index (κ2) is 56.1. The number of rotatable bonds is 50. The van der Waals surface area contributed by atoms with Crippen LogP contribution in [0.1, 0.15) is 252 Å². The Morgan fingerprint density at radius 2 is 0.682 bits per heavy atom. The zero-order chi connectivity index (χ0) is 47.7. The number of carbonyl (C=O) groups is 2. The molecule has 0 spiro atoms. The molecule has 5 heteroatoms. The van der Waals surface area contributed by atoms with Crippen LogP contribution < -0.4 is 0 Å². The lowest BCUT2D eigenvalue weighted by atomic mass is 10.1. The third kappa shape index (κ3) is 53.4. The van der Waals surface area contributed by atoms with Gasteiger partial charge in [-0.05, 0) is 116 Å². The molecule has 0 N–H and O–H groups in total. The van der Waals surface area contributed by atoms with E-state index in [9.17, 15) is 9.59 Å². The third-order valence-electron chi connectivity index (χ3n) is 11.6. The van der Waals surface area contributed by atoms with E-state index in [-0.39, 0.29) is 25.2 Å². The first-order valence-corrected chi connectivity index (χ1v) is 27.8. The molecular weight excluding hydrogens is 813 g/mol. The molecule has 0 amide bonds. The zero-order valence-corrected chi connectivity index (χ0v) is 43.4. The van der Waals surface area contributed by atoms with Crippen LogP contribution in [0.2, 0.25) is 0 Å². The summed E-state index contributed by atoms with van der Waals surface area (Å²) in [5.74, 6) is -0.424. The Morgan fingerprint density at radius 3 is 1.09 bits per heavy atom.